The monoisotopic (exact) mass is 305 g/mol. The fourth-order valence-corrected chi connectivity index (χ4v) is 2.86. The average Bonchev–Trinajstić information content (AvgIpc) is 2.42. The highest BCUT2D eigenvalue weighted by molar-refractivity contribution is 7.86. The van der Waals surface area contributed by atoms with Crippen LogP contribution in [0.25, 0.3) is 0 Å². The molecule has 0 aliphatic rings. The first kappa shape index (κ1) is 16.4. The van der Waals surface area contributed by atoms with Crippen LogP contribution >= 0.6 is 11.6 Å². The lowest BCUT2D eigenvalue weighted by atomic mass is 10.2. The first-order chi connectivity index (χ1) is 8.98. The van der Waals surface area contributed by atoms with Gasteiger partial charge < -0.3 is 0 Å². The molecule has 0 aliphatic heterocycles. The molecule has 0 amide bonds. The number of likely N-dealkylation sites (N-methyl/N-ethyl adjacent to an activating group) is 1. The molecule has 1 rings (SSSR count). The van der Waals surface area contributed by atoms with Crippen molar-refractivity contribution in [1.29, 1.82) is 0 Å². The molecule has 0 unspecified atom stereocenters. The second-order valence-electron chi connectivity index (χ2n) is 4.30. The molecule has 0 radical (unpaired) electrons. The molecule has 0 spiro atoms. The minimum atomic E-state index is -3.39. The Kier molecular flexibility index (Phi) is 6.71. The van der Waals surface area contributed by atoms with Gasteiger partial charge >= 0.3 is 0 Å². The summed E-state index contributed by atoms with van der Waals surface area (Å²) in [5, 5.41) is 0. The quantitative estimate of drug-likeness (QED) is 0.682. The van der Waals surface area contributed by atoms with Crippen LogP contribution < -0.4 is 0 Å². The molecule has 1 aromatic heterocycles. The van der Waals surface area contributed by atoms with E-state index >= 15 is 0 Å². The maximum atomic E-state index is 12.2. The summed E-state index contributed by atoms with van der Waals surface area (Å²) >= 11 is 5.58. The average molecular weight is 306 g/mol. The molecule has 1 aromatic rings. The van der Waals surface area contributed by atoms with Gasteiger partial charge in [0.1, 0.15) is 0 Å². The summed E-state index contributed by atoms with van der Waals surface area (Å²) in [6.45, 7) is 0.878. The smallest absolute Gasteiger partial charge is 0.265 e. The van der Waals surface area contributed by atoms with Gasteiger partial charge in [0.15, 0.2) is 0 Å². The lowest BCUT2D eigenvalue weighted by molar-refractivity contribution is 0.394. The molecule has 0 atom stereocenters. The van der Waals surface area contributed by atoms with E-state index < -0.39 is 10.2 Å². The first-order valence-electron chi connectivity index (χ1n) is 6.11. The third-order valence-electron chi connectivity index (χ3n) is 2.86. The predicted octanol–water partition coefficient (Wildman–Crippen LogP) is 1.36. The number of alkyl halides is 1. The van der Waals surface area contributed by atoms with Gasteiger partial charge in [0.05, 0.1) is 0 Å². The van der Waals surface area contributed by atoms with Gasteiger partial charge in [-0.2, -0.15) is 17.0 Å². The molecule has 0 saturated carbocycles. The van der Waals surface area contributed by atoms with Gasteiger partial charge in [0.2, 0.25) is 0 Å². The number of hydrogen-bond donors (Lipinski definition) is 0. The highest BCUT2D eigenvalue weighted by Crippen LogP contribution is 2.07. The first-order valence-corrected chi connectivity index (χ1v) is 8.04. The number of halogens is 1. The van der Waals surface area contributed by atoms with Gasteiger partial charge in [-0.3, -0.25) is 4.98 Å². The predicted molar refractivity (Wildman–Crippen MR) is 77.5 cm³/mol. The maximum absolute atomic E-state index is 12.2. The number of hydrogen-bond acceptors (Lipinski definition) is 3. The zero-order valence-electron chi connectivity index (χ0n) is 11.3. The van der Waals surface area contributed by atoms with Crippen LogP contribution in [0.2, 0.25) is 0 Å². The highest BCUT2D eigenvalue weighted by Gasteiger charge is 2.22. The van der Waals surface area contributed by atoms with Crippen molar-refractivity contribution in [3.8, 4) is 0 Å². The number of aromatic nitrogens is 1. The fraction of sp³-hybridized carbons (Fsp3) is 0.583. The Morgan fingerprint density at radius 1 is 1.16 bits per heavy atom. The lowest BCUT2D eigenvalue weighted by Crippen LogP contribution is -2.41. The molecule has 0 aromatic carbocycles. The Hall–Kier alpha value is -0.690. The molecule has 0 N–H and O–H groups in total. The molecule has 19 heavy (non-hydrogen) atoms. The summed E-state index contributed by atoms with van der Waals surface area (Å²) in [5.74, 6) is 0.459. The third-order valence-corrected chi connectivity index (χ3v) is 5.07. The normalized spacial score (nSPS) is 12.3. The summed E-state index contributed by atoms with van der Waals surface area (Å²) in [5.41, 5.74) is 1.07. The lowest BCUT2D eigenvalue weighted by Gasteiger charge is -2.24. The van der Waals surface area contributed by atoms with E-state index in [4.69, 9.17) is 11.6 Å². The van der Waals surface area contributed by atoms with Crippen LogP contribution in [0.1, 0.15) is 12.0 Å². The van der Waals surface area contributed by atoms with Crippen LogP contribution in [-0.2, 0) is 16.6 Å². The van der Waals surface area contributed by atoms with Gasteiger partial charge in [0, 0.05) is 45.5 Å². The minimum Gasteiger partial charge on any atom is -0.265 e. The summed E-state index contributed by atoms with van der Waals surface area (Å²) in [6.07, 6.45) is 4.73. The van der Waals surface area contributed by atoms with Gasteiger partial charge in [-0.15, -0.1) is 11.6 Å². The van der Waals surface area contributed by atoms with E-state index in [-0.39, 0.29) is 0 Å². The molecule has 0 fully saturated rings. The Morgan fingerprint density at radius 3 is 2.32 bits per heavy atom. The maximum Gasteiger partial charge on any atom is 0.281 e. The second-order valence-corrected chi connectivity index (χ2v) is 6.82. The van der Waals surface area contributed by atoms with Crippen LogP contribution in [0.4, 0.5) is 0 Å². The SMILES string of the molecule is CN(CCCCl)S(=O)(=O)N(C)CCc1ccncc1. The largest absolute Gasteiger partial charge is 0.281 e. The minimum absolute atomic E-state index is 0.436. The summed E-state index contributed by atoms with van der Waals surface area (Å²) in [6, 6.07) is 3.77. The topological polar surface area (TPSA) is 53.5 Å². The van der Waals surface area contributed by atoms with Crippen molar-refractivity contribution in [2.45, 2.75) is 12.8 Å². The fourth-order valence-electron chi connectivity index (χ4n) is 1.59. The number of pyridine rings is 1. The standard InChI is InChI=1S/C12H20ClN3O2S/c1-15(10-3-7-13)19(17,18)16(2)11-6-12-4-8-14-9-5-12/h4-5,8-9H,3,6-7,10-11H2,1-2H3. The van der Waals surface area contributed by atoms with Crippen LogP contribution in [-0.4, -0.2) is 55.1 Å². The second kappa shape index (κ2) is 7.79. The van der Waals surface area contributed by atoms with Crippen molar-refractivity contribution >= 4 is 21.8 Å². The van der Waals surface area contributed by atoms with Gasteiger partial charge in [-0.25, -0.2) is 0 Å². The molecular formula is C12H20ClN3O2S. The Balaban J connectivity index is 2.54. The molecule has 0 bridgehead atoms. The van der Waals surface area contributed by atoms with Gasteiger partial charge in [-0.05, 0) is 30.5 Å². The van der Waals surface area contributed by atoms with Gasteiger partial charge in [-0.1, -0.05) is 0 Å². The van der Waals surface area contributed by atoms with E-state index in [1.54, 1.807) is 26.5 Å². The summed E-state index contributed by atoms with van der Waals surface area (Å²) in [4.78, 5) is 3.93. The number of rotatable bonds is 8. The Morgan fingerprint density at radius 2 is 1.74 bits per heavy atom. The van der Waals surface area contributed by atoms with E-state index in [0.717, 1.165) is 5.56 Å². The van der Waals surface area contributed by atoms with Crippen molar-refractivity contribution in [2.24, 2.45) is 0 Å². The van der Waals surface area contributed by atoms with E-state index in [0.29, 0.717) is 31.8 Å². The molecule has 5 nitrogen and oxygen atoms in total. The molecular weight excluding hydrogens is 286 g/mol. The summed E-state index contributed by atoms with van der Waals surface area (Å²) in [7, 11) is -0.224. The van der Waals surface area contributed by atoms with Crippen LogP contribution in [0, 0.1) is 0 Å². The van der Waals surface area contributed by atoms with Crippen LogP contribution in [0.3, 0.4) is 0 Å². The van der Waals surface area contributed by atoms with Crippen molar-refractivity contribution in [2.75, 3.05) is 33.1 Å². The molecule has 1 heterocycles. The van der Waals surface area contributed by atoms with Crippen LogP contribution in [0.15, 0.2) is 24.5 Å². The summed E-state index contributed by atoms with van der Waals surface area (Å²) < 4.78 is 27.0. The molecule has 108 valence electrons. The van der Waals surface area contributed by atoms with Crippen molar-refractivity contribution < 1.29 is 8.42 Å². The van der Waals surface area contributed by atoms with E-state index in [1.807, 2.05) is 12.1 Å². The molecule has 0 aliphatic carbocycles. The Labute approximate surface area is 120 Å². The highest BCUT2D eigenvalue weighted by atomic mass is 35.5. The Bertz CT molecular complexity index is 467. The van der Waals surface area contributed by atoms with Crippen molar-refractivity contribution in [3.05, 3.63) is 30.1 Å². The third kappa shape index (κ3) is 5.06. The van der Waals surface area contributed by atoms with Gasteiger partial charge in [0.25, 0.3) is 10.2 Å². The van der Waals surface area contributed by atoms with Crippen molar-refractivity contribution in [3.63, 3.8) is 0 Å². The molecule has 7 heteroatoms. The van der Waals surface area contributed by atoms with Crippen molar-refractivity contribution in [1.82, 2.24) is 13.6 Å². The molecule has 0 saturated heterocycles. The van der Waals surface area contributed by atoms with Crippen LogP contribution in [0.5, 0.6) is 0 Å². The number of nitrogens with zero attached hydrogens (tertiary/aromatic N) is 3. The van der Waals surface area contributed by atoms with E-state index in [9.17, 15) is 8.42 Å². The zero-order valence-corrected chi connectivity index (χ0v) is 12.9. The van der Waals surface area contributed by atoms with E-state index in [1.165, 1.54) is 8.61 Å². The van der Waals surface area contributed by atoms with E-state index in [2.05, 4.69) is 4.98 Å². The zero-order chi connectivity index (χ0) is 14.3.